The first kappa shape index (κ1) is 17.1. The zero-order valence-electron chi connectivity index (χ0n) is 13.1. The van der Waals surface area contributed by atoms with Crippen molar-refractivity contribution in [2.75, 3.05) is 0 Å². The monoisotopic (exact) mass is 327 g/mol. The molecule has 2 aromatic rings. The number of rotatable bonds is 5. The summed E-state index contributed by atoms with van der Waals surface area (Å²) in [5, 5.41) is 9.71. The van der Waals surface area contributed by atoms with E-state index >= 15 is 0 Å². The summed E-state index contributed by atoms with van der Waals surface area (Å²) in [6, 6.07) is 16.4. The van der Waals surface area contributed by atoms with Crippen LogP contribution in [0.1, 0.15) is 36.5 Å². The lowest BCUT2D eigenvalue weighted by Crippen LogP contribution is -2.21. The van der Waals surface area contributed by atoms with Gasteiger partial charge >= 0.3 is 5.97 Å². The van der Waals surface area contributed by atoms with Gasteiger partial charge in [-0.3, -0.25) is 4.79 Å². The van der Waals surface area contributed by atoms with E-state index in [1.165, 1.54) is 0 Å². The molecule has 0 spiro atoms. The molecule has 0 N–H and O–H groups in total. The van der Waals surface area contributed by atoms with Gasteiger partial charge in [0.15, 0.2) is 0 Å². The van der Waals surface area contributed by atoms with E-state index in [0.29, 0.717) is 16.1 Å². The van der Waals surface area contributed by atoms with E-state index < -0.39 is 0 Å². The molecule has 4 heteroatoms. The molecule has 3 nitrogen and oxygen atoms in total. The van der Waals surface area contributed by atoms with Crippen LogP contribution in [0.15, 0.2) is 48.5 Å². The fourth-order valence-corrected chi connectivity index (χ4v) is 2.58. The minimum atomic E-state index is -0.360. The number of benzene rings is 2. The van der Waals surface area contributed by atoms with Crippen LogP contribution in [0, 0.1) is 17.2 Å². The number of carbonyl (C=O) groups excluding carboxylic acids is 1. The van der Waals surface area contributed by atoms with Gasteiger partial charge in [0.25, 0.3) is 0 Å². The molecule has 2 rings (SSSR count). The Morgan fingerprint density at radius 1 is 1.17 bits per heavy atom. The summed E-state index contributed by atoms with van der Waals surface area (Å²) in [6.45, 7) is 4.05. The topological polar surface area (TPSA) is 50.1 Å². The van der Waals surface area contributed by atoms with Gasteiger partial charge in [-0.1, -0.05) is 55.8 Å². The van der Waals surface area contributed by atoms with Crippen molar-refractivity contribution in [1.29, 1.82) is 5.26 Å². The smallest absolute Gasteiger partial charge is 0.314 e. The molecular weight excluding hydrogens is 310 g/mol. The number of hydrogen-bond donors (Lipinski definition) is 0. The molecule has 0 saturated carbocycles. The van der Waals surface area contributed by atoms with E-state index in [-0.39, 0.29) is 24.4 Å². The van der Waals surface area contributed by atoms with Crippen molar-refractivity contribution in [1.82, 2.24) is 0 Å². The highest BCUT2D eigenvalue weighted by molar-refractivity contribution is 6.30. The molecule has 0 bridgehead atoms. The van der Waals surface area contributed by atoms with Crippen molar-refractivity contribution in [2.45, 2.75) is 26.4 Å². The van der Waals surface area contributed by atoms with Gasteiger partial charge in [0.2, 0.25) is 0 Å². The van der Waals surface area contributed by atoms with Gasteiger partial charge in [-0.2, -0.15) is 5.26 Å². The molecule has 118 valence electrons. The van der Waals surface area contributed by atoms with Crippen LogP contribution in [-0.4, -0.2) is 5.97 Å². The predicted molar refractivity (Wildman–Crippen MR) is 90.0 cm³/mol. The maximum absolute atomic E-state index is 12.5. The Morgan fingerprint density at radius 3 is 2.43 bits per heavy atom. The zero-order chi connectivity index (χ0) is 16.8. The average molecular weight is 328 g/mol. The summed E-state index contributed by atoms with van der Waals surface area (Å²) in [5.74, 6) is -0.563. The first-order valence-corrected chi connectivity index (χ1v) is 7.81. The Kier molecular flexibility index (Phi) is 5.78. The normalized spacial score (nSPS) is 11.8. The summed E-state index contributed by atoms with van der Waals surface area (Å²) < 4.78 is 5.46. The van der Waals surface area contributed by atoms with Crippen LogP contribution < -0.4 is 0 Å². The van der Waals surface area contributed by atoms with Gasteiger partial charge < -0.3 is 4.74 Å². The molecule has 0 unspecified atom stereocenters. The molecular formula is C19H18ClNO2. The average Bonchev–Trinajstić information content (AvgIpc) is 2.55. The summed E-state index contributed by atoms with van der Waals surface area (Å²) in [4.78, 5) is 12.5. The predicted octanol–water partition coefficient (Wildman–Crippen LogP) is 4.69. The number of hydrogen-bond acceptors (Lipinski definition) is 3. The summed E-state index contributed by atoms with van der Waals surface area (Å²) in [6.07, 6.45) is 0. The number of nitrogens with zero attached hydrogens (tertiary/aromatic N) is 1. The highest BCUT2D eigenvalue weighted by Gasteiger charge is 2.25. The van der Waals surface area contributed by atoms with E-state index in [1.807, 2.05) is 32.0 Å². The molecule has 1 atom stereocenters. The van der Waals surface area contributed by atoms with Crippen molar-refractivity contribution in [3.05, 3.63) is 70.2 Å². The van der Waals surface area contributed by atoms with E-state index in [0.717, 1.165) is 5.56 Å². The maximum atomic E-state index is 12.5. The molecule has 2 aromatic carbocycles. The van der Waals surface area contributed by atoms with Gasteiger partial charge in [-0.25, -0.2) is 0 Å². The fourth-order valence-electron chi connectivity index (χ4n) is 2.46. The van der Waals surface area contributed by atoms with E-state index in [2.05, 4.69) is 6.07 Å². The van der Waals surface area contributed by atoms with Gasteiger partial charge in [-0.15, -0.1) is 0 Å². The number of halogens is 1. The van der Waals surface area contributed by atoms with Crippen LogP contribution >= 0.6 is 11.6 Å². The lowest BCUT2D eigenvalue weighted by atomic mass is 9.88. The Hall–Kier alpha value is -2.31. The van der Waals surface area contributed by atoms with Gasteiger partial charge in [0.05, 0.1) is 17.6 Å². The van der Waals surface area contributed by atoms with Crippen LogP contribution in [0.25, 0.3) is 0 Å². The van der Waals surface area contributed by atoms with Crippen molar-refractivity contribution >= 4 is 17.6 Å². The molecule has 0 saturated heterocycles. The van der Waals surface area contributed by atoms with Crippen molar-refractivity contribution in [3.63, 3.8) is 0 Å². The van der Waals surface area contributed by atoms with Gasteiger partial charge in [0.1, 0.15) is 6.61 Å². The second kappa shape index (κ2) is 7.80. The molecule has 23 heavy (non-hydrogen) atoms. The quantitative estimate of drug-likeness (QED) is 0.748. The highest BCUT2D eigenvalue weighted by atomic mass is 35.5. The molecule has 0 aliphatic rings. The molecule has 0 amide bonds. The molecule has 0 aromatic heterocycles. The Labute approximate surface area is 141 Å². The molecule has 0 aliphatic carbocycles. The Balaban J connectivity index is 2.13. The number of ether oxygens (including phenoxy) is 1. The number of carbonyl (C=O) groups is 1. The van der Waals surface area contributed by atoms with Crippen LogP contribution in [0.4, 0.5) is 0 Å². The number of esters is 1. The van der Waals surface area contributed by atoms with Crippen LogP contribution in [0.5, 0.6) is 0 Å². The third kappa shape index (κ3) is 4.34. The molecule has 0 fully saturated rings. The minimum absolute atomic E-state index is 0.0925. The Bertz CT molecular complexity index is 717. The van der Waals surface area contributed by atoms with Crippen molar-refractivity contribution in [3.8, 4) is 6.07 Å². The largest absolute Gasteiger partial charge is 0.460 e. The van der Waals surface area contributed by atoms with E-state index in [9.17, 15) is 4.79 Å². The lowest BCUT2D eigenvalue weighted by Gasteiger charge is -2.20. The second-order valence-corrected chi connectivity index (χ2v) is 6.09. The molecule has 0 radical (unpaired) electrons. The SMILES string of the molecule is CC(C)[C@H](C(=O)OCc1ccccc1C#N)c1ccc(Cl)cc1. The van der Waals surface area contributed by atoms with Crippen LogP contribution in [-0.2, 0) is 16.1 Å². The second-order valence-electron chi connectivity index (χ2n) is 5.65. The van der Waals surface area contributed by atoms with E-state index in [4.69, 9.17) is 21.6 Å². The summed E-state index contributed by atoms with van der Waals surface area (Å²) in [5.41, 5.74) is 2.11. The maximum Gasteiger partial charge on any atom is 0.314 e. The van der Waals surface area contributed by atoms with Crippen molar-refractivity contribution < 1.29 is 9.53 Å². The third-order valence-corrected chi connectivity index (χ3v) is 3.91. The van der Waals surface area contributed by atoms with Gasteiger partial charge in [-0.05, 0) is 29.7 Å². The molecule has 0 heterocycles. The highest BCUT2D eigenvalue weighted by Crippen LogP contribution is 2.27. The zero-order valence-corrected chi connectivity index (χ0v) is 13.9. The van der Waals surface area contributed by atoms with Crippen LogP contribution in [0.3, 0.4) is 0 Å². The summed E-state index contributed by atoms with van der Waals surface area (Å²) in [7, 11) is 0. The summed E-state index contributed by atoms with van der Waals surface area (Å²) >= 11 is 5.90. The van der Waals surface area contributed by atoms with Crippen molar-refractivity contribution in [2.24, 2.45) is 5.92 Å². The van der Waals surface area contributed by atoms with Gasteiger partial charge in [0, 0.05) is 10.6 Å². The Morgan fingerprint density at radius 2 is 1.83 bits per heavy atom. The van der Waals surface area contributed by atoms with Crippen LogP contribution in [0.2, 0.25) is 5.02 Å². The third-order valence-electron chi connectivity index (χ3n) is 3.66. The lowest BCUT2D eigenvalue weighted by molar-refractivity contribution is -0.148. The molecule has 0 aliphatic heterocycles. The minimum Gasteiger partial charge on any atom is -0.460 e. The standard InChI is InChI=1S/C19H18ClNO2/c1-13(2)18(14-7-9-17(20)10-8-14)19(22)23-12-16-6-4-3-5-15(16)11-21/h3-10,13,18H,12H2,1-2H3/t18-/m0/s1. The first-order chi connectivity index (χ1) is 11.0. The first-order valence-electron chi connectivity index (χ1n) is 7.43. The fraction of sp³-hybridized carbons (Fsp3) is 0.263. The number of nitriles is 1. The van der Waals surface area contributed by atoms with E-state index in [1.54, 1.807) is 30.3 Å².